The van der Waals surface area contributed by atoms with E-state index in [9.17, 15) is 0 Å². The second-order valence-corrected chi connectivity index (χ2v) is 5.73. The first kappa shape index (κ1) is 12.7. The number of benzene rings is 1. The van der Waals surface area contributed by atoms with Gasteiger partial charge < -0.3 is 10.2 Å². The van der Waals surface area contributed by atoms with Crippen molar-refractivity contribution < 1.29 is 4.42 Å². The Bertz CT molecular complexity index is 498. The quantitative estimate of drug-likeness (QED) is 0.862. The lowest BCUT2D eigenvalue weighted by molar-refractivity contribution is 0.480. The van der Waals surface area contributed by atoms with Crippen LogP contribution in [0.1, 0.15) is 17.4 Å². The average Bonchev–Trinajstić information content (AvgIpc) is 2.74. The SMILES string of the molecule is Cc1ccccc1SCC(N)c1occc1Br. The van der Waals surface area contributed by atoms with Crippen molar-refractivity contribution in [2.24, 2.45) is 5.73 Å². The van der Waals surface area contributed by atoms with Gasteiger partial charge in [-0.3, -0.25) is 0 Å². The Hall–Kier alpha value is -0.710. The van der Waals surface area contributed by atoms with Crippen molar-refractivity contribution >= 4 is 27.7 Å². The summed E-state index contributed by atoms with van der Waals surface area (Å²) < 4.78 is 6.30. The predicted molar refractivity (Wildman–Crippen MR) is 75.2 cm³/mol. The molecule has 1 atom stereocenters. The molecule has 2 aromatic rings. The number of hydrogen-bond donors (Lipinski definition) is 1. The minimum Gasteiger partial charge on any atom is -0.466 e. The van der Waals surface area contributed by atoms with Gasteiger partial charge in [0.05, 0.1) is 16.8 Å². The molecule has 0 aliphatic heterocycles. The number of aryl methyl sites for hydroxylation is 1. The summed E-state index contributed by atoms with van der Waals surface area (Å²) in [5.74, 6) is 1.61. The molecular formula is C13H14BrNOS. The molecule has 1 aromatic heterocycles. The monoisotopic (exact) mass is 311 g/mol. The van der Waals surface area contributed by atoms with Crippen LogP contribution >= 0.6 is 27.7 Å². The van der Waals surface area contributed by atoms with Crippen molar-refractivity contribution in [2.75, 3.05) is 5.75 Å². The molecule has 0 radical (unpaired) electrons. The van der Waals surface area contributed by atoms with E-state index in [4.69, 9.17) is 10.2 Å². The van der Waals surface area contributed by atoms with Crippen molar-refractivity contribution in [3.63, 3.8) is 0 Å². The summed E-state index contributed by atoms with van der Waals surface area (Å²) in [5.41, 5.74) is 7.37. The summed E-state index contributed by atoms with van der Waals surface area (Å²) in [7, 11) is 0. The fourth-order valence-electron chi connectivity index (χ4n) is 1.54. The van der Waals surface area contributed by atoms with Crippen LogP contribution in [0.4, 0.5) is 0 Å². The predicted octanol–water partition coefficient (Wildman–Crippen LogP) is 4.14. The topological polar surface area (TPSA) is 39.2 Å². The normalized spacial score (nSPS) is 12.6. The summed E-state index contributed by atoms with van der Waals surface area (Å²) in [6, 6.07) is 10.1. The first-order valence-corrected chi connectivity index (χ1v) is 7.13. The van der Waals surface area contributed by atoms with Crippen LogP contribution in [0.15, 0.2) is 50.4 Å². The van der Waals surface area contributed by atoms with E-state index in [1.54, 1.807) is 18.0 Å². The Labute approximate surface area is 114 Å². The lowest BCUT2D eigenvalue weighted by atomic mass is 10.2. The zero-order valence-corrected chi connectivity index (χ0v) is 11.9. The van der Waals surface area contributed by atoms with Crippen LogP contribution < -0.4 is 5.73 Å². The van der Waals surface area contributed by atoms with Crippen LogP contribution in [0.2, 0.25) is 0 Å². The fourth-order valence-corrected chi connectivity index (χ4v) is 3.02. The summed E-state index contributed by atoms with van der Waals surface area (Å²) in [4.78, 5) is 1.27. The minimum atomic E-state index is -0.0935. The number of rotatable bonds is 4. The van der Waals surface area contributed by atoms with Gasteiger partial charge in [-0.25, -0.2) is 0 Å². The Morgan fingerprint density at radius 1 is 1.35 bits per heavy atom. The molecule has 17 heavy (non-hydrogen) atoms. The van der Waals surface area contributed by atoms with Gasteiger partial charge in [0, 0.05) is 10.6 Å². The molecule has 2 rings (SSSR count). The molecule has 4 heteroatoms. The lowest BCUT2D eigenvalue weighted by Crippen LogP contribution is -2.12. The molecule has 0 bridgehead atoms. The third kappa shape index (κ3) is 3.15. The Morgan fingerprint density at radius 2 is 2.12 bits per heavy atom. The number of nitrogens with two attached hydrogens (primary N) is 1. The summed E-state index contributed by atoms with van der Waals surface area (Å²) in [6.07, 6.45) is 1.65. The molecule has 1 aromatic carbocycles. The molecule has 0 fully saturated rings. The van der Waals surface area contributed by atoms with Gasteiger partial charge in [0.15, 0.2) is 0 Å². The van der Waals surface area contributed by atoms with Crippen LogP contribution in [0.5, 0.6) is 0 Å². The molecule has 2 N–H and O–H groups in total. The molecule has 2 nitrogen and oxygen atoms in total. The molecule has 90 valence electrons. The van der Waals surface area contributed by atoms with Gasteiger partial charge in [0.2, 0.25) is 0 Å². The molecule has 1 unspecified atom stereocenters. The molecule has 0 saturated heterocycles. The Kier molecular flexibility index (Phi) is 4.31. The molecule has 0 amide bonds. The second kappa shape index (κ2) is 5.76. The Morgan fingerprint density at radius 3 is 2.76 bits per heavy atom. The maximum atomic E-state index is 6.09. The van der Waals surface area contributed by atoms with Crippen molar-refractivity contribution in [2.45, 2.75) is 17.9 Å². The number of thioether (sulfide) groups is 1. The van der Waals surface area contributed by atoms with Gasteiger partial charge in [-0.1, -0.05) is 18.2 Å². The van der Waals surface area contributed by atoms with E-state index in [1.807, 2.05) is 18.2 Å². The maximum Gasteiger partial charge on any atom is 0.135 e. The number of halogens is 1. The first-order chi connectivity index (χ1) is 8.18. The summed E-state index contributed by atoms with van der Waals surface area (Å²) in [6.45, 7) is 2.11. The minimum absolute atomic E-state index is 0.0935. The summed E-state index contributed by atoms with van der Waals surface area (Å²) in [5, 5.41) is 0. The smallest absolute Gasteiger partial charge is 0.135 e. The van der Waals surface area contributed by atoms with E-state index in [-0.39, 0.29) is 6.04 Å². The first-order valence-electron chi connectivity index (χ1n) is 5.35. The number of furan rings is 1. The number of hydrogen-bond acceptors (Lipinski definition) is 3. The molecule has 0 spiro atoms. The Balaban J connectivity index is 2.00. The van der Waals surface area contributed by atoms with Crippen LogP contribution in [-0.4, -0.2) is 5.75 Å². The highest BCUT2D eigenvalue weighted by Crippen LogP contribution is 2.29. The highest BCUT2D eigenvalue weighted by molar-refractivity contribution is 9.10. The van der Waals surface area contributed by atoms with E-state index in [2.05, 4.69) is 35.0 Å². The van der Waals surface area contributed by atoms with Gasteiger partial charge in [0.25, 0.3) is 0 Å². The van der Waals surface area contributed by atoms with E-state index in [0.29, 0.717) is 0 Å². The highest BCUT2D eigenvalue weighted by atomic mass is 79.9. The van der Waals surface area contributed by atoms with Crippen molar-refractivity contribution in [1.29, 1.82) is 0 Å². The largest absolute Gasteiger partial charge is 0.466 e. The molecule has 0 saturated carbocycles. The van der Waals surface area contributed by atoms with Crippen molar-refractivity contribution in [1.82, 2.24) is 0 Å². The van der Waals surface area contributed by atoms with Crippen molar-refractivity contribution in [3.05, 3.63) is 52.4 Å². The van der Waals surface area contributed by atoms with E-state index in [1.165, 1.54) is 10.5 Å². The van der Waals surface area contributed by atoms with Crippen LogP contribution in [0.25, 0.3) is 0 Å². The third-order valence-electron chi connectivity index (χ3n) is 2.49. The summed E-state index contributed by atoms with van der Waals surface area (Å²) >= 11 is 5.18. The van der Waals surface area contributed by atoms with Gasteiger partial charge in [-0.15, -0.1) is 11.8 Å². The fraction of sp³-hybridized carbons (Fsp3) is 0.231. The van der Waals surface area contributed by atoms with E-state index >= 15 is 0 Å². The second-order valence-electron chi connectivity index (χ2n) is 3.82. The van der Waals surface area contributed by atoms with Crippen LogP contribution in [0, 0.1) is 6.92 Å². The standard InChI is InChI=1S/C13H14BrNOS/c1-9-4-2-3-5-12(9)17-8-11(15)13-10(14)6-7-16-13/h2-7,11H,8,15H2,1H3. The highest BCUT2D eigenvalue weighted by Gasteiger charge is 2.14. The zero-order valence-electron chi connectivity index (χ0n) is 9.52. The molecule has 1 heterocycles. The zero-order chi connectivity index (χ0) is 12.3. The lowest BCUT2D eigenvalue weighted by Gasteiger charge is -2.10. The van der Waals surface area contributed by atoms with Gasteiger partial charge >= 0.3 is 0 Å². The molecule has 0 aliphatic rings. The van der Waals surface area contributed by atoms with Crippen LogP contribution in [0.3, 0.4) is 0 Å². The van der Waals surface area contributed by atoms with Gasteiger partial charge in [-0.2, -0.15) is 0 Å². The molecule has 0 aliphatic carbocycles. The maximum absolute atomic E-state index is 6.09. The average molecular weight is 312 g/mol. The van der Waals surface area contributed by atoms with Gasteiger partial charge in [0.1, 0.15) is 5.76 Å². The third-order valence-corrected chi connectivity index (χ3v) is 4.44. The van der Waals surface area contributed by atoms with Crippen molar-refractivity contribution in [3.8, 4) is 0 Å². The van der Waals surface area contributed by atoms with E-state index < -0.39 is 0 Å². The van der Waals surface area contributed by atoms with Crippen LogP contribution in [-0.2, 0) is 0 Å². The van der Waals surface area contributed by atoms with E-state index in [0.717, 1.165) is 16.0 Å². The molecular weight excluding hydrogens is 298 g/mol. The van der Waals surface area contributed by atoms with Gasteiger partial charge in [-0.05, 0) is 40.5 Å².